The standard InChI is InChI=1S/C32H29N3O7S/c1-5-42-31(38)26-27(21-9-7-6-8-10-21)33-32-34(28(26)22-13-11-20(12-14-22)18(2)3)30(37)25(43-32)17-19-15-23(35(39)40)29(36)24(16-19)41-4/h6-18,28,36H,5H2,1-4H3/b25-17-/t28-/m0/s1. The lowest BCUT2D eigenvalue weighted by Gasteiger charge is -2.26. The number of hydrogen-bond acceptors (Lipinski definition) is 9. The van der Waals surface area contributed by atoms with Gasteiger partial charge in [0.05, 0.1) is 40.5 Å². The molecule has 0 saturated carbocycles. The Bertz CT molecular complexity index is 1920. The molecule has 0 radical (unpaired) electrons. The summed E-state index contributed by atoms with van der Waals surface area (Å²) in [5, 5.41) is 21.8. The third-order valence-electron chi connectivity index (χ3n) is 7.08. The van der Waals surface area contributed by atoms with Gasteiger partial charge in [-0.15, -0.1) is 0 Å². The van der Waals surface area contributed by atoms with E-state index in [1.54, 1.807) is 6.92 Å². The first kappa shape index (κ1) is 29.5. The van der Waals surface area contributed by atoms with Crippen molar-refractivity contribution in [3.63, 3.8) is 0 Å². The number of phenols is 1. The molecule has 0 fully saturated rings. The lowest BCUT2D eigenvalue weighted by atomic mass is 9.91. The first-order valence-corrected chi connectivity index (χ1v) is 14.4. The lowest BCUT2D eigenvalue weighted by Crippen LogP contribution is -2.40. The van der Waals surface area contributed by atoms with Crippen molar-refractivity contribution in [2.75, 3.05) is 13.7 Å². The van der Waals surface area contributed by atoms with Crippen LogP contribution in [0.1, 0.15) is 55.0 Å². The van der Waals surface area contributed by atoms with E-state index in [4.69, 9.17) is 14.5 Å². The van der Waals surface area contributed by atoms with Crippen LogP contribution in [0.25, 0.3) is 11.8 Å². The Kier molecular flexibility index (Phi) is 8.27. The predicted octanol–water partition coefficient (Wildman–Crippen LogP) is 4.68. The second-order valence-electron chi connectivity index (χ2n) is 10.1. The maximum Gasteiger partial charge on any atom is 0.338 e. The fourth-order valence-corrected chi connectivity index (χ4v) is 5.96. The number of nitrogens with zero attached hydrogens (tertiary/aromatic N) is 3. The van der Waals surface area contributed by atoms with Crippen molar-refractivity contribution in [2.24, 2.45) is 4.99 Å². The predicted molar refractivity (Wildman–Crippen MR) is 163 cm³/mol. The third kappa shape index (κ3) is 5.59. The molecule has 0 saturated heterocycles. The number of methoxy groups -OCH3 is 1. The largest absolute Gasteiger partial charge is 0.500 e. The van der Waals surface area contributed by atoms with Crippen LogP contribution in [0.15, 0.2) is 82.1 Å². The van der Waals surface area contributed by atoms with Crippen molar-refractivity contribution in [3.8, 4) is 11.5 Å². The SMILES string of the molecule is CCOC(=O)C1=C(c2ccccc2)N=c2s/c(=C\c3cc(OC)c(O)c([N+](=O)[O-])c3)c(=O)n2[C@H]1c1ccc(C(C)C)cc1. The molecule has 0 spiro atoms. The highest BCUT2D eigenvalue weighted by Gasteiger charge is 2.35. The minimum atomic E-state index is -0.849. The summed E-state index contributed by atoms with van der Waals surface area (Å²) in [4.78, 5) is 43.7. The van der Waals surface area contributed by atoms with E-state index >= 15 is 0 Å². The van der Waals surface area contributed by atoms with Crippen LogP contribution in [0, 0.1) is 10.1 Å². The van der Waals surface area contributed by atoms with E-state index in [2.05, 4.69) is 13.8 Å². The van der Waals surface area contributed by atoms with Crippen molar-refractivity contribution < 1.29 is 24.3 Å². The van der Waals surface area contributed by atoms with Crippen LogP contribution in [0.3, 0.4) is 0 Å². The minimum Gasteiger partial charge on any atom is -0.500 e. The number of thiazole rings is 1. The summed E-state index contributed by atoms with van der Waals surface area (Å²) in [6.45, 7) is 6.01. The Morgan fingerprint density at radius 2 is 1.86 bits per heavy atom. The van der Waals surface area contributed by atoms with E-state index < -0.39 is 33.9 Å². The van der Waals surface area contributed by atoms with Gasteiger partial charge in [-0.3, -0.25) is 19.5 Å². The van der Waals surface area contributed by atoms with Crippen LogP contribution in [0.5, 0.6) is 11.5 Å². The number of phenolic OH excluding ortho intramolecular Hbond substituents is 1. The van der Waals surface area contributed by atoms with Gasteiger partial charge in [-0.1, -0.05) is 79.8 Å². The van der Waals surface area contributed by atoms with Crippen LogP contribution < -0.4 is 19.6 Å². The van der Waals surface area contributed by atoms with Gasteiger partial charge in [-0.2, -0.15) is 0 Å². The van der Waals surface area contributed by atoms with Gasteiger partial charge in [-0.05, 0) is 41.7 Å². The molecule has 1 aromatic heterocycles. The van der Waals surface area contributed by atoms with Gasteiger partial charge in [0.2, 0.25) is 5.75 Å². The molecule has 0 unspecified atom stereocenters. The lowest BCUT2D eigenvalue weighted by molar-refractivity contribution is -0.386. The normalized spacial score (nSPS) is 14.8. The van der Waals surface area contributed by atoms with E-state index in [9.17, 15) is 24.8 Å². The molecule has 4 aromatic rings. The second kappa shape index (κ2) is 12.1. The van der Waals surface area contributed by atoms with Crippen molar-refractivity contribution in [3.05, 3.63) is 124 Å². The van der Waals surface area contributed by atoms with E-state index in [1.165, 1.54) is 23.8 Å². The summed E-state index contributed by atoms with van der Waals surface area (Å²) in [5.41, 5.74) is 2.39. The number of hydrogen-bond donors (Lipinski definition) is 1. The Balaban J connectivity index is 1.81. The number of aromatic nitrogens is 1. The second-order valence-corrected chi connectivity index (χ2v) is 11.1. The summed E-state index contributed by atoms with van der Waals surface area (Å²) in [7, 11) is 1.28. The van der Waals surface area contributed by atoms with Gasteiger partial charge in [0.15, 0.2) is 10.6 Å². The smallest absolute Gasteiger partial charge is 0.338 e. The van der Waals surface area contributed by atoms with E-state index in [1.807, 2.05) is 54.6 Å². The van der Waals surface area contributed by atoms with Gasteiger partial charge in [-0.25, -0.2) is 9.79 Å². The number of carbonyl (C=O) groups is 1. The molecule has 0 aliphatic carbocycles. The number of carbonyl (C=O) groups excluding carboxylic acids is 1. The number of benzene rings is 3. The topological polar surface area (TPSA) is 133 Å². The molecule has 3 aromatic carbocycles. The number of esters is 1. The summed E-state index contributed by atoms with van der Waals surface area (Å²) < 4.78 is 12.3. The van der Waals surface area contributed by atoms with Crippen molar-refractivity contribution in [1.29, 1.82) is 0 Å². The van der Waals surface area contributed by atoms with E-state index in [0.29, 0.717) is 21.6 Å². The Hall–Kier alpha value is -5.03. The molecule has 220 valence electrons. The van der Waals surface area contributed by atoms with Crippen molar-refractivity contribution in [1.82, 2.24) is 4.57 Å². The molecule has 1 N–H and O–H groups in total. The summed E-state index contributed by atoms with van der Waals surface area (Å²) in [6.07, 6.45) is 1.48. The maximum atomic E-state index is 14.1. The maximum absolute atomic E-state index is 14.1. The van der Waals surface area contributed by atoms with Crippen LogP contribution in [-0.4, -0.2) is 34.3 Å². The average Bonchev–Trinajstić information content (AvgIpc) is 3.31. The Labute approximate surface area is 250 Å². The van der Waals surface area contributed by atoms with Crippen LogP contribution in [0.2, 0.25) is 0 Å². The van der Waals surface area contributed by atoms with Gasteiger partial charge in [0, 0.05) is 11.6 Å². The van der Waals surface area contributed by atoms with E-state index in [0.717, 1.165) is 23.0 Å². The average molecular weight is 600 g/mol. The molecule has 11 heteroatoms. The molecule has 1 atom stereocenters. The molecule has 1 aliphatic rings. The highest BCUT2D eigenvalue weighted by molar-refractivity contribution is 7.07. The van der Waals surface area contributed by atoms with Crippen LogP contribution in [0.4, 0.5) is 5.69 Å². The van der Waals surface area contributed by atoms with Gasteiger partial charge >= 0.3 is 11.7 Å². The van der Waals surface area contributed by atoms with Gasteiger partial charge in [0.1, 0.15) is 0 Å². The monoisotopic (exact) mass is 599 g/mol. The number of nitro benzene ring substituents is 1. The Morgan fingerprint density at radius 3 is 2.47 bits per heavy atom. The van der Waals surface area contributed by atoms with Crippen molar-refractivity contribution >= 4 is 34.8 Å². The molecule has 0 bridgehead atoms. The number of nitro groups is 1. The fourth-order valence-electron chi connectivity index (χ4n) is 4.96. The zero-order chi connectivity index (χ0) is 30.8. The molecule has 2 heterocycles. The molecular formula is C32H29N3O7S. The minimum absolute atomic E-state index is 0.104. The number of fused-ring (bicyclic) bond motifs is 1. The number of ether oxygens (including phenoxy) is 2. The molecule has 10 nitrogen and oxygen atoms in total. The van der Waals surface area contributed by atoms with Crippen LogP contribution in [-0.2, 0) is 9.53 Å². The summed E-state index contributed by atoms with van der Waals surface area (Å²) in [5.74, 6) is -1.02. The summed E-state index contributed by atoms with van der Waals surface area (Å²) >= 11 is 1.09. The molecule has 0 amide bonds. The molecular weight excluding hydrogens is 570 g/mol. The highest BCUT2D eigenvalue weighted by Crippen LogP contribution is 2.38. The highest BCUT2D eigenvalue weighted by atomic mass is 32.1. The quantitative estimate of drug-likeness (QED) is 0.177. The zero-order valence-electron chi connectivity index (χ0n) is 23.9. The fraction of sp³-hybridized carbons (Fsp3) is 0.219. The molecule has 1 aliphatic heterocycles. The Morgan fingerprint density at radius 1 is 1.16 bits per heavy atom. The number of aromatic hydroxyl groups is 1. The molecule has 43 heavy (non-hydrogen) atoms. The zero-order valence-corrected chi connectivity index (χ0v) is 24.8. The van der Waals surface area contributed by atoms with Gasteiger partial charge < -0.3 is 14.6 Å². The van der Waals surface area contributed by atoms with Gasteiger partial charge in [0.25, 0.3) is 5.56 Å². The van der Waals surface area contributed by atoms with Crippen LogP contribution >= 0.6 is 11.3 Å². The third-order valence-corrected chi connectivity index (χ3v) is 8.07. The summed E-state index contributed by atoms with van der Waals surface area (Å²) in [6, 6.07) is 18.7. The first-order chi connectivity index (χ1) is 20.6. The van der Waals surface area contributed by atoms with Crippen molar-refractivity contribution in [2.45, 2.75) is 32.7 Å². The molecule has 5 rings (SSSR count). The number of rotatable bonds is 8. The first-order valence-electron chi connectivity index (χ1n) is 13.6. The van der Waals surface area contributed by atoms with E-state index in [-0.39, 0.29) is 33.9 Å².